The van der Waals surface area contributed by atoms with Crippen molar-refractivity contribution in [3.8, 4) is 0 Å². The SMILES string of the molecule is CCCC(CCC)C(Br)c1ccc2c(c1)oc(=O)n2C. The molecule has 0 aliphatic rings. The molecule has 0 saturated carbocycles. The average molecular weight is 340 g/mol. The van der Waals surface area contributed by atoms with Crippen molar-refractivity contribution in [3.05, 3.63) is 34.3 Å². The molecule has 0 radical (unpaired) electrons. The first-order chi connectivity index (χ1) is 9.58. The van der Waals surface area contributed by atoms with Gasteiger partial charge in [-0.15, -0.1) is 0 Å². The fraction of sp³-hybridized carbons (Fsp3) is 0.562. The van der Waals surface area contributed by atoms with Crippen LogP contribution in [-0.2, 0) is 7.05 Å². The van der Waals surface area contributed by atoms with Crippen LogP contribution in [0.4, 0.5) is 0 Å². The molecule has 4 heteroatoms. The number of hydrogen-bond acceptors (Lipinski definition) is 2. The molecule has 1 aromatic heterocycles. The second kappa shape index (κ2) is 6.61. The van der Waals surface area contributed by atoms with Crippen LogP contribution in [0.25, 0.3) is 11.1 Å². The molecule has 0 spiro atoms. The Morgan fingerprint density at radius 3 is 2.50 bits per heavy atom. The lowest BCUT2D eigenvalue weighted by molar-refractivity contribution is 0.435. The fourth-order valence-electron chi connectivity index (χ4n) is 2.77. The maximum absolute atomic E-state index is 11.5. The van der Waals surface area contributed by atoms with E-state index in [1.807, 2.05) is 12.1 Å². The number of nitrogens with zero attached hydrogens (tertiary/aromatic N) is 1. The van der Waals surface area contributed by atoms with E-state index in [0.29, 0.717) is 16.3 Å². The van der Waals surface area contributed by atoms with E-state index in [-0.39, 0.29) is 5.76 Å². The quantitative estimate of drug-likeness (QED) is 0.709. The van der Waals surface area contributed by atoms with Crippen molar-refractivity contribution in [1.29, 1.82) is 0 Å². The van der Waals surface area contributed by atoms with E-state index in [4.69, 9.17) is 4.42 Å². The van der Waals surface area contributed by atoms with Crippen LogP contribution < -0.4 is 5.76 Å². The van der Waals surface area contributed by atoms with Gasteiger partial charge in [0, 0.05) is 11.9 Å². The zero-order valence-corrected chi connectivity index (χ0v) is 13.9. The Kier molecular flexibility index (Phi) is 5.08. The van der Waals surface area contributed by atoms with Crippen molar-refractivity contribution >= 4 is 27.0 Å². The minimum atomic E-state index is -0.304. The largest absolute Gasteiger partial charge is 0.419 e. The lowest BCUT2D eigenvalue weighted by atomic mass is 9.91. The number of hydrogen-bond donors (Lipinski definition) is 0. The first-order valence-electron chi connectivity index (χ1n) is 7.32. The van der Waals surface area contributed by atoms with E-state index < -0.39 is 0 Å². The molecule has 20 heavy (non-hydrogen) atoms. The topological polar surface area (TPSA) is 35.1 Å². The molecule has 2 rings (SSSR count). The normalized spacial score (nSPS) is 13.2. The van der Waals surface area contributed by atoms with Crippen molar-refractivity contribution in [2.45, 2.75) is 44.4 Å². The summed E-state index contributed by atoms with van der Waals surface area (Å²) >= 11 is 3.84. The zero-order valence-electron chi connectivity index (χ0n) is 12.4. The minimum absolute atomic E-state index is 0.304. The summed E-state index contributed by atoms with van der Waals surface area (Å²) in [5.41, 5.74) is 2.71. The third-order valence-corrected chi connectivity index (χ3v) is 5.14. The molecule has 1 atom stereocenters. The second-order valence-corrected chi connectivity index (χ2v) is 6.38. The van der Waals surface area contributed by atoms with Gasteiger partial charge in [-0.25, -0.2) is 4.79 Å². The maximum atomic E-state index is 11.5. The Morgan fingerprint density at radius 1 is 1.25 bits per heavy atom. The third-order valence-electron chi connectivity index (χ3n) is 3.87. The zero-order chi connectivity index (χ0) is 14.7. The first kappa shape index (κ1) is 15.4. The number of fused-ring (bicyclic) bond motifs is 1. The molecule has 0 saturated heterocycles. The van der Waals surface area contributed by atoms with Crippen LogP contribution in [0.2, 0.25) is 0 Å². The number of alkyl halides is 1. The van der Waals surface area contributed by atoms with Crippen LogP contribution >= 0.6 is 15.9 Å². The highest BCUT2D eigenvalue weighted by Crippen LogP contribution is 2.37. The molecule has 0 fully saturated rings. The van der Waals surface area contributed by atoms with E-state index in [1.54, 1.807) is 7.05 Å². The maximum Gasteiger partial charge on any atom is 0.419 e. The third kappa shape index (κ3) is 3.00. The fourth-order valence-corrected chi connectivity index (χ4v) is 3.59. The summed E-state index contributed by atoms with van der Waals surface area (Å²) < 4.78 is 6.82. The van der Waals surface area contributed by atoms with Gasteiger partial charge in [0.1, 0.15) is 0 Å². The Labute approximate surface area is 128 Å². The van der Waals surface area contributed by atoms with Gasteiger partial charge in [-0.1, -0.05) is 48.7 Å². The Hall–Kier alpha value is -1.03. The van der Waals surface area contributed by atoms with Gasteiger partial charge in [-0.3, -0.25) is 4.57 Å². The summed E-state index contributed by atoms with van der Waals surface area (Å²) in [6.45, 7) is 4.45. The Bertz CT molecular complexity index is 623. The summed E-state index contributed by atoms with van der Waals surface area (Å²) in [5.74, 6) is 0.319. The van der Waals surface area contributed by atoms with E-state index in [9.17, 15) is 4.79 Å². The molecule has 1 unspecified atom stereocenters. The van der Waals surface area contributed by atoms with Crippen LogP contribution in [-0.4, -0.2) is 4.57 Å². The minimum Gasteiger partial charge on any atom is -0.408 e. The predicted molar refractivity (Wildman–Crippen MR) is 86.4 cm³/mol. The summed E-state index contributed by atoms with van der Waals surface area (Å²) in [7, 11) is 1.73. The Balaban J connectivity index is 2.33. The lowest BCUT2D eigenvalue weighted by Gasteiger charge is -2.22. The summed E-state index contributed by atoms with van der Waals surface area (Å²) in [4.78, 5) is 11.9. The lowest BCUT2D eigenvalue weighted by Crippen LogP contribution is -2.08. The number of oxazole rings is 1. The van der Waals surface area contributed by atoms with Gasteiger partial charge >= 0.3 is 5.76 Å². The van der Waals surface area contributed by atoms with Crippen molar-refractivity contribution in [2.75, 3.05) is 0 Å². The molecule has 2 aromatic rings. The van der Waals surface area contributed by atoms with Gasteiger partial charge in [0.15, 0.2) is 5.58 Å². The number of aromatic nitrogens is 1. The number of rotatable bonds is 6. The standard InChI is InChI=1S/C16H22BrNO2/c1-4-6-11(7-5-2)15(17)12-8-9-13-14(10-12)20-16(19)18(13)3/h8-11,15H,4-7H2,1-3H3. The highest BCUT2D eigenvalue weighted by molar-refractivity contribution is 9.09. The van der Waals surface area contributed by atoms with Crippen LogP contribution in [0.15, 0.2) is 27.4 Å². The molecular formula is C16H22BrNO2. The molecule has 0 N–H and O–H groups in total. The van der Waals surface area contributed by atoms with Gasteiger partial charge < -0.3 is 4.42 Å². The van der Waals surface area contributed by atoms with Crippen LogP contribution in [0.3, 0.4) is 0 Å². The van der Waals surface area contributed by atoms with Crippen molar-refractivity contribution in [3.63, 3.8) is 0 Å². The summed E-state index contributed by atoms with van der Waals surface area (Å²) in [6, 6.07) is 6.06. The smallest absolute Gasteiger partial charge is 0.408 e. The van der Waals surface area contributed by atoms with Gasteiger partial charge in [0.25, 0.3) is 0 Å². The number of aryl methyl sites for hydroxylation is 1. The first-order valence-corrected chi connectivity index (χ1v) is 8.23. The van der Waals surface area contributed by atoms with Crippen LogP contribution in [0.5, 0.6) is 0 Å². The van der Waals surface area contributed by atoms with Crippen molar-refractivity contribution < 1.29 is 4.42 Å². The van der Waals surface area contributed by atoms with E-state index in [0.717, 1.165) is 5.52 Å². The average Bonchev–Trinajstić information content (AvgIpc) is 2.72. The molecule has 110 valence electrons. The second-order valence-electron chi connectivity index (χ2n) is 5.39. The number of benzene rings is 1. The highest BCUT2D eigenvalue weighted by Gasteiger charge is 2.20. The summed E-state index contributed by atoms with van der Waals surface area (Å²) in [6.07, 6.45) is 4.80. The molecule has 3 nitrogen and oxygen atoms in total. The van der Waals surface area contributed by atoms with Crippen LogP contribution in [0, 0.1) is 5.92 Å². The predicted octanol–water partition coefficient (Wildman–Crippen LogP) is 4.78. The highest BCUT2D eigenvalue weighted by atomic mass is 79.9. The van der Waals surface area contributed by atoms with E-state index in [2.05, 4.69) is 35.8 Å². The molecule has 0 amide bonds. The number of halogens is 1. The molecule has 1 heterocycles. The summed E-state index contributed by atoms with van der Waals surface area (Å²) in [5, 5.41) is 0. The Morgan fingerprint density at radius 2 is 1.90 bits per heavy atom. The molecule has 0 aliphatic carbocycles. The molecular weight excluding hydrogens is 318 g/mol. The van der Waals surface area contributed by atoms with E-state index in [1.165, 1.54) is 35.8 Å². The molecule has 0 bridgehead atoms. The van der Waals surface area contributed by atoms with Crippen molar-refractivity contribution in [1.82, 2.24) is 4.57 Å². The van der Waals surface area contributed by atoms with Crippen molar-refractivity contribution in [2.24, 2.45) is 13.0 Å². The van der Waals surface area contributed by atoms with Gasteiger partial charge in [0.2, 0.25) is 0 Å². The van der Waals surface area contributed by atoms with Crippen LogP contribution in [0.1, 0.15) is 49.9 Å². The monoisotopic (exact) mass is 339 g/mol. The van der Waals surface area contributed by atoms with E-state index >= 15 is 0 Å². The van der Waals surface area contributed by atoms with Gasteiger partial charge in [-0.05, 0) is 36.5 Å². The molecule has 0 aliphatic heterocycles. The molecule has 1 aromatic carbocycles. The van der Waals surface area contributed by atoms with Gasteiger partial charge in [-0.2, -0.15) is 0 Å². The van der Waals surface area contributed by atoms with Gasteiger partial charge in [0.05, 0.1) is 5.52 Å².